The summed E-state index contributed by atoms with van der Waals surface area (Å²) in [7, 11) is 0. The fourth-order valence-electron chi connectivity index (χ4n) is 0.879. The van der Waals surface area contributed by atoms with Crippen LogP contribution in [-0.4, -0.2) is 11.7 Å². The van der Waals surface area contributed by atoms with Crippen LogP contribution in [0.2, 0.25) is 0 Å². The minimum Gasteiger partial charge on any atom is -0.480 e. The highest BCUT2D eigenvalue weighted by molar-refractivity contribution is 9.10. The van der Waals surface area contributed by atoms with Crippen molar-refractivity contribution in [2.24, 2.45) is 0 Å². The predicted octanol–water partition coefficient (Wildman–Crippen LogP) is 1.95. The molecular weight excluding hydrogens is 232 g/mol. The third kappa shape index (κ3) is 2.76. The zero-order valence-corrected chi connectivity index (χ0v) is 8.54. The van der Waals surface area contributed by atoms with Crippen LogP contribution in [0.4, 0.5) is 0 Å². The van der Waals surface area contributed by atoms with Gasteiger partial charge >= 0.3 is 0 Å². The number of benzene rings is 1. The van der Waals surface area contributed by atoms with Gasteiger partial charge in [-0.3, -0.25) is 0 Å². The number of hydrogen-bond donors (Lipinski definition) is 1. The zero-order valence-electron chi connectivity index (χ0n) is 6.96. The van der Waals surface area contributed by atoms with Crippen LogP contribution >= 0.6 is 15.9 Å². The number of terminal acetylenes is 1. The number of aliphatic hydroxyl groups is 1. The van der Waals surface area contributed by atoms with Gasteiger partial charge in [0.25, 0.3) is 0 Å². The van der Waals surface area contributed by atoms with E-state index in [1.165, 1.54) is 0 Å². The Morgan fingerprint density at radius 2 is 2.31 bits per heavy atom. The van der Waals surface area contributed by atoms with E-state index in [0.717, 1.165) is 10.0 Å². The minimum absolute atomic E-state index is 0.0218. The molecule has 0 saturated heterocycles. The molecule has 0 aliphatic heterocycles. The smallest absolute Gasteiger partial charge is 0.148 e. The van der Waals surface area contributed by atoms with Crippen LogP contribution in [0.3, 0.4) is 0 Å². The van der Waals surface area contributed by atoms with E-state index in [9.17, 15) is 0 Å². The highest BCUT2D eigenvalue weighted by atomic mass is 79.9. The van der Waals surface area contributed by atoms with E-state index in [1.807, 2.05) is 0 Å². The van der Waals surface area contributed by atoms with Crippen LogP contribution in [0.15, 0.2) is 22.7 Å². The van der Waals surface area contributed by atoms with Crippen molar-refractivity contribution in [1.82, 2.24) is 0 Å². The van der Waals surface area contributed by atoms with Gasteiger partial charge in [-0.2, -0.15) is 0 Å². The van der Waals surface area contributed by atoms with E-state index in [-0.39, 0.29) is 13.2 Å². The number of rotatable bonds is 3. The number of halogens is 1. The van der Waals surface area contributed by atoms with Crippen LogP contribution in [0.25, 0.3) is 0 Å². The molecule has 13 heavy (non-hydrogen) atoms. The minimum atomic E-state index is 0.0218. The van der Waals surface area contributed by atoms with Crippen LogP contribution in [0.5, 0.6) is 5.75 Å². The summed E-state index contributed by atoms with van der Waals surface area (Å²) in [5.74, 6) is 3.07. The van der Waals surface area contributed by atoms with Gasteiger partial charge in [0.2, 0.25) is 0 Å². The highest BCUT2D eigenvalue weighted by Crippen LogP contribution is 2.25. The van der Waals surface area contributed by atoms with Gasteiger partial charge in [-0.15, -0.1) is 6.42 Å². The fraction of sp³-hybridized carbons (Fsp3) is 0.200. The second-order valence-electron chi connectivity index (χ2n) is 2.42. The van der Waals surface area contributed by atoms with Crippen LogP contribution in [0.1, 0.15) is 5.56 Å². The summed E-state index contributed by atoms with van der Waals surface area (Å²) in [4.78, 5) is 0. The number of hydrogen-bond acceptors (Lipinski definition) is 2. The molecule has 1 rings (SSSR count). The van der Waals surface area contributed by atoms with Crippen LogP contribution < -0.4 is 4.74 Å². The van der Waals surface area contributed by atoms with Crippen molar-refractivity contribution in [1.29, 1.82) is 0 Å². The van der Waals surface area contributed by atoms with E-state index < -0.39 is 0 Å². The van der Waals surface area contributed by atoms with E-state index in [4.69, 9.17) is 16.3 Å². The summed E-state index contributed by atoms with van der Waals surface area (Å²) in [5, 5.41) is 8.84. The molecule has 3 heteroatoms. The Labute approximate surface area is 85.7 Å². The molecule has 0 aliphatic carbocycles. The number of aliphatic hydroxyl groups excluding tert-OH is 1. The standard InChI is InChI=1S/C10H9BrO2/c1-2-5-13-10-4-3-8(7-12)6-9(10)11/h1,3-4,6,12H,5,7H2. The molecule has 0 atom stereocenters. The summed E-state index contributed by atoms with van der Waals surface area (Å²) >= 11 is 3.31. The Morgan fingerprint density at radius 1 is 1.54 bits per heavy atom. The third-order valence-corrected chi connectivity index (χ3v) is 2.11. The van der Waals surface area contributed by atoms with Crippen LogP contribution in [0, 0.1) is 12.3 Å². The van der Waals surface area contributed by atoms with Crippen molar-refractivity contribution in [3.63, 3.8) is 0 Å². The van der Waals surface area contributed by atoms with Gasteiger partial charge in [0.1, 0.15) is 12.4 Å². The molecule has 0 unspecified atom stereocenters. The van der Waals surface area contributed by atoms with Crippen molar-refractivity contribution in [2.45, 2.75) is 6.61 Å². The fourth-order valence-corrected chi connectivity index (χ4v) is 1.42. The normalized spacial score (nSPS) is 9.31. The van der Waals surface area contributed by atoms with Gasteiger partial charge in [0.15, 0.2) is 0 Å². The molecule has 0 fully saturated rings. The van der Waals surface area contributed by atoms with Gasteiger partial charge in [0.05, 0.1) is 11.1 Å². The average Bonchev–Trinajstić information content (AvgIpc) is 2.16. The van der Waals surface area contributed by atoms with E-state index in [1.54, 1.807) is 18.2 Å². The van der Waals surface area contributed by atoms with Gasteiger partial charge in [0, 0.05) is 0 Å². The SMILES string of the molecule is C#CCOc1ccc(CO)cc1Br. The molecule has 0 spiro atoms. The Hall–Kier alpha value is -0.980. The molecule has 0 aliphatic rings. The molecule has 0 bridgehead atoms. The summed E-state index contributed by atoms with van der Waals surface area (Å²) in [6, 6.07) is 5.36. The summed E-state index contributed by atoms with van der Waals surface area (Å²) in [6.45, 7) is 0.269. The van der Waals surface area contributed by atoms with Gasteiger partial charge < -0.3 is 9.84 Å². The van der Waals surface area contributed by atoms with Gasteiger partial charge in [-0.25, -0.2) is 0 Å². The van der Waals surface area contributed by atoms with Crippen molar-refractivity contribution in [3.8, 4) is 18.1 Å². The maximum atomic E-state index is 8.84. The largest absolute Gasteiger partial charge is 0.480 e. The highest BCUT2D eigenvalue weighted by Gasteiger charge is 2.00. The average molecular weight is 241 g/mol. The van der Waals surface area contributed by atoms with E-state index >= 15 is 0 Å². The molecule has 1 N–H and O–H groups in total. The quantitative estimate of drug-likeness (QED) is 0.819. The zero-order chi connectivity index (χ0) is 9.68. The molecule has 0 aromatic heterocycles. The number of ether oxygens (including phenoxy) is 1. The maximum Gasteiger partial charge on any atom is 0.148 e. The lowest BCUT2D eigenvalue weighted by atomic mass is 10.2. The Kier molecular flexibility index (Phi) is 3.81. The summed E-state index contributed by atoms with van der Waals surface area (Å²) in [5.41, 5.74) is 0.833. The molecule has 68 valence electrons. The molecule has 2 nitrogen and oxygen atoms in total. The first-order valence-corrected chi connectivity index (χ1v) is 4.52. The molecule has 0 amide bonds. The lowest BCUT2D eigenvalue weighted by Gasteiger charge is -2.05. The second kappa shape index (κ2) is 4.90. The molecular formula is C10H9BrO2. The van der Waals surface area contributed by atoms with Crippen molar-refractivity contribution in [2.75, 3.05) is 6.61 Å². The molecule has 1 aromatic rings. The lowest BCUT2D eigenvalue weighted by molar-refractivity contribution is 0.281. The van der Waals surface area contributed by atoms with E-state index in [0.29, 0.717) is 5.75 Å². The van der Waals surface area contributed by atoms with Gasteiger partial charge in [-0.1, -0.05) is 12.0 Å². The maximum absolute atomic E-state index is 8.84. The van der Waals surface area contributed by atoms with Crippen molar-refractivity contribution >= 4 is 15.9 Å². The molecule has 0 saturated carbocycles. The summed E-state index contributed by atoms with van der Waals surface area (Å²) < 4.78 is 6.02. The third-order valence-electron chi connectivity index (χ3n) is 1.49. The Balaban J connectivity index is 2.80. The first-order valence-electron chi connectivity index (χ1n) is 3.73. The predicted molar refractivity (Wildman–Crippen MR) is 54.4 cm³/mol. The molecule has 0 radical (unpaired) electrons. The van der Waals surface area contributed by atoms with Crippen molar-refractivity contribution in [3.05, 3.63) is 28.2 Å². The lowest BCUT2D eigenvalue weighted by Crippen LogP contribution is -1.94. The topological polar surface area (TPSA) is 29.5 Å². The summed E-state index contributed by atoms with van der Waals surface area (Å²) in [6.07, 6.45) is 5.05. The molecule has 1 aromatic carbocycles. The Bertz CT molecular complexity index is 328. The van der Waals surface area contributed by atoms with E-state index in [2.05, 4.69) is 21.9 Å². The van der Waals surface area contributed by atoms with Crippen LogP contribution in [-0.2, 0) is 6.61 Å². The first kappa shape index (κ1) is 10.1. The van der Waals surface area contributed by atoms with Gasteiger partial charge in [-0.05, 0) is 33.6 Å². The molecule has 0 heterocycles. The monoisotopic (exact) mass is 240 g/mol. The first-order chi connectivity index (χ1) is 6.27. The Morgan fingerprint density at radius 3 is 2.85 bits per heavy atom. The second-order valence-corrected chi connectivity index (χ2v) is 3.27. The van der Waals surface area contributed by atoms with Crippen molar-refractivity contribution < 1.29 is 9.84 Å².